The highest BCUT2D eigenvalue weighted by atomic mass is 16.2. The lowest BCUT2D eigenvalue weighted by atomic mass is 9.86. The van der Waals surface area contributed by atoms with E-state index in [9.17, 15) is 4.79 Å². The highest BCUT2D eigenvalue weighted by Gasteiger charge is 2.29. The maximum Gasteiger partial charge on any atom is 0.237 e. The molecule has 13 heavy (non-hydrogen) atoms. The van der Waals surface area contributed by atoms with E-state index in [0.29, 0.717) is 0 Å². The third kappa shape index (κ3) is 4.27. The van der Waals surface area contributed by atoms with Crippen molar-refractivity contribution in [3.05, 3.63) is 0 Å². The van der Waals surface area contributed by atoms with E-state index in [1.54, 1.807) is 0 Å². The summed E-state index contributed by atoms with van der Waals surface area (Å²) < 4.78 is 0. The summed E-state index contributed by atoms with van der Waals surface area (Å²) in [6.07, 6.45) is 0. The first-order chi connectivity index (χ1) is 5.79. The fraction of sp³-hybridized carbons (Fsp3) is 0.900. The largest absolute Gasteiger partial charge is 0.353 e. The molecule has 0 bridgehead atoms. The van der Waals surface area contributed by atoms with Crippen LogP contribution in [0.5, 0.6) is 0 Å². The van der Waals surface area contributed by atoms with Crippen LogP contribution in [-0.2, 0) is 4.79 Å². The Morgan fingerprint density at radius 3 is 1.92 bits per heavy atom. The quantitative estimate of drug-likeness (QED) is 0.694. The van der Waals surface area contributed by atoms with Crippen molar-refractivity contribution >= 4 is 5.91 Å². The van der Waals surface area contributed by atoms with Gasteiger partial charge in [0.25, 0.3) is 0 Å². The zero-order valence-corrected chi connectivity index (χ0v) is 9.56. The first kappa shape index (κ1) is 12.4. The minimum Gasteiger partial charge on any atom is -0.353 e. The molecule has 0 saturated heterocycles. The fourth-order valence-corrected chi connectivity index (χ4v) is 1.33. The topological polar surface area (TPSA) is 41.1 Å². The number of carbonyl (C=O) groups is 1. The molecule has 1 amide bonds. The SMILES string of the molecule is CNC(C(=O)NC(C)C)C(C)(C)C. The smallest absolute Gasteiger partial charge is 0.237 e. The Labute approximate surface area is 81.3 Å². The van der Waals surface area contributed by atoms with Gasteiger partial charge in [0.1, 0.15) is 0 Å². The molecule has 0 radical (unpaired) electrons. The van der Waals surface area contributed by atoms with Crippen LogP contribution in [0.25, 0.3) is 0 Å². The Balaban J connectivity index is 4.33. The highest BCUT2D eigenvalue weighted by molar-refractivity contribution is 5.82. The molecular weight excluding hydrogens is 164 g/mol. The molecule has 0 aromatic rings. The summed E-state index contributed by atoms with van der Waals surface area (Å²) >= 11 is 0. The van der Waals surface area contributed by atoms with E-state index in [-0.39, 0.29) is 23.4 Å². The lowest BCUT2D eigenvalue weighted by molar-refractivity contribution is -0.125. The van der Waals surface area contributed by atoms with Crippen molar-refractivity contribution in [1.82, 2.24) is 10.6 Å². The van der Waals surface area contributed by atoms with E-state index in [4.69, 9.17) is 0 Å². The normalized spacial score (nSPS) is 14.4. The molecule has 0 saturated carbocycles. The maximum absolute atomic E-state index is 11.7. The van der Waals surface area contributed by atoms with Gasteiger partial charge < -0.3 is 10.6 Å². The van der Waals surface area contributed by atoms with E-state index in [2.05, 4.69) is 10.6 Å². The van der Waals surface area contributed by atoms with Crippen molar-refractivity contribution in [2.45, 2.75) is 46.7 Å². The molecule has 0 aliphatic heterocycles. The monoisotopic (exact) mass is 186 g/mol. The fourth-order valence-electron chi connectivity index (χ4n) is 1.33. The summed E-state index contributed by atoms with van der Waals surface area (Å²) in [6, 6.07) is 0.0700. The average molecular weight is 186 g/mol. The third-order valence-electron chi connectivity index (χ3n) is 1.85. The van der Waals surface area contributed by atoms with Gasteiger partial charge in [-0.2, -0.15) is 0 Å². The first-order valence-corrected chi connectivity index (χ1v) is 4.76. The van der Waals surface area contributed by atoms with Gasteiger partial charge in [0.15, 0.2) is 0 Å². The summed E-state index contributed by atoms with van der Waals surface area (Å²) in [5.41, 5.74) is -0.0479. The van der Waals surface area contributed by atoms with Crippen LogP contribution >= 0.6 is 0 Å². The molecule has 0 heterocycles. The van der Waals surface area contributed by atoms with Crippen LogP contribution in [0.4, 0.5) is 0 Å². The summed E-state index contributed by atoms with van der Waals surface area (Å²) in [4.78, 5) is 11.7. The Morgan fingerprint density at radius 2 is 1.69 bits per heavy atom. The second-order valence-corrected chi connectivity index (χ2v) is 4.75. The number of hydrogen-bond donors (Lipinski definition) is 2. The Morgan fingerprint density at radius 1 is 1.23 bits per heavy atom. The molecule has 0 spiro atoms. The Bertz CT molecular complexity index is 170. The summed E-state index contributed by atoms with van der Waals surface area (Å²) in [5.74, 6) is 0.0741. The molecule has 1 atom stereocenters. The van der Waals surface area contributed by atoms with Crippen LogP contribution < -0.4 is 10.6 Å². The van der Waals surface area contributed by atoms with Crippen LogP contribution in [0.3, 0.4) is 0 Å². The maximum atomic E-state index is 11.7. The molecule has 0 aromatic carbocycles. The number of rotatable bonds is 3. The van der Waals surface area contributed by atoms with Gasteiger partial charge in [-0.15, -0.1) is 0 Å². The molecule has 0 fully saturated rings. The van der Waals surface area contributed by atoms with E-state index in [0.717, 1.165) is 0 Å². The second-order valence-electron chi connectivity index (χ2n) is 4.75. The van der Waals surface area contributed by atoms with Crippen molar-refractivity contribution in [2.24, 2.45) is 5.41 Å². The molecule has 0 aliphatic carbocycles. The molecule has 0 rings (SSSR count). The average Bonchev–Trinajstić information content (AvgIpc) is 1.82. The Kier molecular flexibility index (Phi) is 4.40. The number of hydrogen-bond acceptors (Lipinski definition) is 2. The van der Waals surface area contributed by atoms with Crippen LogP contribution in [0.1, 0.15) is 34.6 Å². The summed E-state index contributed by atoms with van der Waals surface area (Å²) in [5, 5.41) is 5.93. The molecule has 78 valence electrons. The van der Waals surface area contributed by atoms with Crippen molar-refractivity contribution in [3.63, 3.8) is 0 Å². The van der Waals surface area contributed by atoms with Crippen LogP contribution in [0.2, 0.25) is 0 Å². The van der Waals surface area contributed by atoms with Crippen LogP contribution in [0, 0.1) is 5.41 Å². The van der Waals surface area contributed by atoms with Gasteiger partial charge in [-0.1, -0.05) is 20.8 Å². The number of nitrogens with one attached hydrogen (secondary N) is 2. The minimum atomic E-state index is -0.130. The molecule has 1 unspecified atom stereocenters. The minimum absolute atomic E-state index is 0.0479. The van der Waals surface area contributed by atoms with Gasteiger partial charge in [0.05, 0.1) is 6.04 Å². The lowest BCUT2D eigenvalue weighted by Crippen LogP contribution is -2.51. The van der Waals surface area contributed by atoms with Gasteiger partial charge >= 0.3 is 0 Å². The zero-order chi connectivity index (χ0) is 10.6. The molecule has 3 nitrogen and oxygen atoms in total. The predicted octanol–water partition coefficient (Wildman–Crippen LogP) is 1.15. The second kappa shape index (κ2) is 4.61. The molecule has 3 heteroatoms. The highest BCUT2D eigenvalue weighted by Crippen LogP contribution is 2.18. The van der Waals surface area contributed by atoms with Crippen molar-refractivity contribution in [3.8, 4) is 0 Å². The van der Waals surface area contributed by atoms with Crippen molar-refractivity contribution in [2.75, 3.05) is 7.05 Å². The third-order valence-corrected chi connectivity index (χ3v) is 1.85. The molecule has 2 N–H and O–H groups in total. The van der Waals surface area contributed by atoms with Crippen LogP contribution in [-0.4, -0.2) is 25.0 Å². The standard InChI is InChI=1S/C10H22N2O/c1-7(2)12-9(13)8(11-6)10(3,4)5/h7-8,11H,1-6H3,(H,12,13). The Hall–Kier alpha value is -0.570. The van der Waals surface area contributed by atoms with E-state index < -0.39 is 0 Å². The molecule has 0 aromatic heterocycles. The number of likely N-dealkylation sites (N-methyl/N-ethyl adjacent to an activating group) is 1. The van der Waals surface area contributed by atoms with E-state index in [1.165, 1.54) is 0 Å². The van der Waals surface area contributed by atoms with E-state index >= 15 is 0 Å². The van der Waals surface area contributed by atoms with Gasteiger partial charge in [-0.05, 0) is 26.3 Å². The lowest BCUT2D eigenvalue weighted by Gasteiger charge is -2.29. The van der Waals surface area contributed by atoms with Gasteiger partial charge in [-0.25, -0.2) is 0 Å². The zero-order valence-electron chi connectivity index (χ0n) is 9.56. The van der Waals surface area contributed by atoms with Gasteiger partial charge in [0, 0.05) is 6.04 Å². The van der Waals surface area contributed by atoms with Crippen molar-refractivity contribution < 1.29 is 4.79 Å². The van der Waals surface area contributed by atoms with Gasteiger partial charge in [-0.3, -0.25) is 4.79 Å². The van der Waals surface area contributed by atoms with E-state index in [1.807, 2.05) is 41.7 Å². The summed E-state index contributed by atoms with van der Waals surface area (Å²) in [7, 11) is 1.82. The van der Waals surface area contributed by atoms with Gasteiger partial charge in [0.2, 0.25) is 5.91 Å². The molecular formula is C10H22N2O. The van der Waals surface area contributed by atoms with Crippen LogP contribution in [0.15, 0.2) is 0 Å². The summed E-state index contributed by atoms with van der Waals surface area (Å²) in [6.45, 7) is 10.1. The predicted molar refractivity (Wildman–Crippen MR) is 55.6 cm³/mol. The number of amides is 1. The number of carbonyl (C=O) groups excluding carboxylic acids is 1. The first-order valence-electron chi connectivity index (χ1n) is 4.76. The van der Waals surface area contributed by atoms with Crippen molar-refractivity contribution in [1.29, 1.82) is 0 Å². The molecule has 0 aliphatic rings.